The quantitative estimate of drug-likeness (QED) is 0.902. The molecule has 0 spiro atoms. The van der Waals surface area contributed by atoms with E-state index in [1.54, 1.807) is 0 Å². The molecule has 1 aromatic carbocycles. The maximum absolute atomic E-state index is 12.1. The molecule has 1 aliphatic rings. The Morgan fingerprint density at radius 1 is 1.38 bits per heavy atom. The molecule has 1 saturated heterocycles. The summed E-state index contributed by atoms with van der Waals surface area (Å²) in [5.41, 5.74) is 2.64. The third-order valence-electron chi connectivity index (χ3n) is 4.14. The zero-order valence-electron chi connectivity index (χ0n) is 13.4. The van der Waals surface area contributed by atoms with Gasteiger partial charge in [-0.2, -0.15) is 0 Å². The lowest BCUT2D eigenvalue weighted by molar-refractivity contribution is 0.150. The van der Waals surface area contributed by atoms with Crippen LogP contribution >= 0.6 is 0 Å². The molecule has 1 fully saturated rings. The number of hydrogen-bond acceptors (Lipinski definition) is 3. The molecular formula is C17H27NO2S. The molecular weight excluding hydrogens is 282 g/mol. The third kappa shape index (κ3) is 4.38. The van der Waals surface area contributed by atoms with Crippen molar-refractivity contribution in [3.63, 3.8) is 0 Å². The van der Waals surface area contributed by atoms with Crippen LogP contribution in [0.1, 0.15) is 57.7 Å². The van der Waals surface area contributed by atoms with Crippen molar-refractivity contribution in [1.29, 1.82) is 0 Å². The van der Waals surface area contributed by atoms with E-state index in [9.17, 15) is 9.32 Å². The summed E-state index contributed by atoms with van der Waals surface area (Å²) in [4.78, 5) is 0. The van der Waals surface area contributed by atoms with E-state index < -0.39 is 10.8 Å². The summed E-state index contributed by atoms with van der Waals surface area (Å²) in [6.45, 7) is 8.71. The molecule has 1 aromatic rings. The fraction of sp³-hybridized carbons (Fsp3) is 0.647. The van der Waals surface area contributed by atoms with Crippen LogP contribution in [0.4, 0.5) is 0 Å². The molecule has 0 radical (unpaired) electrons. The molecule has 0 saturated carbocycles. The van der Waals surface area contributed by atoms with Crippen LogP contribution in [0.3, 0.4) is 0 Å². The molecule has 2 rings (SSSR count). The van der Waals surface area contributed by atoms with Crippen LogP contribution in [0.15, 0.2) is 24.3 Å². The van der Waals surface area contributed by atoms with E-state index in [2.05, 4.69) is 57.3 Å². The number of nitrogens with one attached hydrogen (secondary N) is 1. The highest BCUT2D eigenvalue weighted by atomic mass is 32.2. The Hall–Kier alpha value is -0.710. The first kappa shape index (κ1) is 16.7. The Bertz CT molecular complexity index is 510. The van der Waals surface area contributed by atoms with Crippen molar-refractivity contribution in [1.82, 2.24) is 5.32 Å². The van der Waals surface area contributed by atoms with Crippen LogP contribution in [0, 0.1) is 0 Å². The number of aliphatic hydroxyl groups excluding tert-OH is 1. The smallest absolute Gasteiger partial charge is 0.0864 e. The van der Waals surface area contributed by atoms with Crippen molar-refractivity contribution in [3.8, 4) is 0 Å². The standard InChI is InChI=1S/C17H27NO2S/c1-12(18-16-11-15(19)8-9-21(16)20)13-6-5-7-14(10-13)17(2,3)4/h5-7,10,12,15-16,18-19H,8-9,11H2,1-4H3/t12-,15?,16?,21?/m1/s1. The first-order chi connectivity index (χ1) is 9.77. The van der Waals surface area contributed by atoms with E-state index >= 15 is 0 Å². The molecule has 2 N–H and O–H groups in total. The molecule has 3 nitrogen and oxygen atoms in total. The predicted octanol–water partition coefficient (Wildman–Crippen LogP) is 2.86. The lowest BCUT2D eigenvalue weighted by Gasteiger charge is -2.29. The normalized spacial score (nSPS) is 28.3. The molecule has 0 amide bonds. The lowest BCUT2D eigenvalue weighted by atomic mass is 9.85. The van der Waals surface area contributed by atoms with Gasteiger partial charge in [0.05, 0.1) is 11.5 Å². The average Bonchev–Trinajstić information content (AvgIpc) is 2.42. The van der Waals surface area contributed by atoms with Crippen LogP contribution in [0.5, 0.6) is 0 Å². The van der Waals surface area contributed by atoms with Gasteiger partial charge in [0.25, 0.3) is 0 Å². The largest absolute Gasteiger partial charge is 0.393 e. The number of benzene rings is 1. The fourth-order valence-corrected chi connectivity index (χ4v) is 4.24. The van der Waals surface area contributed by atoms with Crippen molar-refractivity contribution < 1.29 is 9.32 Å². The zero-order valence-corrected chi connectivity index (χ0v) is 14.2. The second kappa shape index (κ2) is 6.59. The van der Waals surface area contributed by atoms with E-state index in [0.717, 1.165) is 0 Å². The SMILES string of the molecule is C[C@@H](NC1CC(O)CCS1=O)c1cccc(C(C)(C)C)c1. The van der Waals surface area contributed by atoms with Crippen molar-refractivity contribution in [2.24, 2.45) is 0 Å². The van der Waals surface area contributed by atoms with Crippen molar-refractivity contribution in [2.45, 2.75) is 63.5 Å². The van der Waals surface area contributed by atoms with Gasteiger partial charge in [0, 0.05) is 29.0 Å². The molecule has 118 valence electrons. The second-order valence-electron chi connectivity index (χ2n) is 7.02. The van der Waals surface area contributed by atoms with Crippen molar-refractivity contribution in [2.75, 3.05) is 5.75 Å². The van der Waals surface area contributed by atoms with Gasteiger partial charge in [-0.1, -0.05) is 45.0 Å². The van der Waals surface area contributed by atoms with Gasteiger partial charge in [-0.3, -0.25) is 9.53 Å². The Kier molecular flexibility index (Phi) is 5.23. The summed E-state index contributed by atoms with van der Waals surface area (Å²) in [5, 5.41) is 13.1. The monoisotopic (exact) mass is 309 g/mol. The van der Waals surface area contributed by atoms with Crippen LogP contribution in [0.2, 0.25) is 0 Å². The first-order valence-corrected chi connectivity index (χ1v) is 9.07. The Morgan fingerprint density at radius 3 is 2.76 bits per heavy atom. The van der Waals surface area contributed by atoms with Crippen LogP contribution in [-0.2, 0) is 16.2 Å². The van der Waals surface area contributed by atoms with E-state index in [-0.39, 0.29) is 22.9 Å². The number of aliphatic hydroxyl groups is 1. The van der Waals surface area contributed by atoms with E-state index in [1.807, 2.05) is 0 Å². The summed E-state index contributed by atoms with van der Waals surface area (Å²) < 4.78 is 12.1. The summed E-state index contributed by atoms with van der Waals surface area (Å²) in [7, 11) is -0.887. The van der Waals surface area contributed by atoms with Crippen molar-refractivity contribution >= 4 is 10.8 Å². The summed E-state index contributed by atoms with van der Waals surface area (Å²) in [6.07, 6.45) is 0.905. The molecule has 3 unspecified atom stereocenters. The van der Waals surface area contributed by atoms with Gasteiger partial charge in [-0.15, -0.1) is 0 Å². The molecule has 0 bridgehead atoms. The Balaban J connectivity index is 2.09. The van der Waals surface area contributed by atoms with Gasteiger partial charge in [0.2, 0.25) is 0 Å². The highest BCUT2D eigenvalue weighted by Gasteiger charge is 2.27. The van der Waals surface area contributed by atoms with E-state index in [4.69, 9.17) is 0 Å². The second-order valence-corrected chi connectivity index (χ2v) is 8.75. The topological polar surface area (TPSA) is 49.3 Å². The maximum atomic E-state index is 12.1. The Labute approximate surface area is 130 Å². The first-order valence-electron chi connectivity index (χ1n) is 7.69. The van der Waals surface area contributed by atoms with Crippen molar-refractivity contribution in [3.05, 3.63) is 35.4 Å². The Morgan fingerprint density at radius 2 is 2.10 bits per heavy atom. The van der Waals surface area contributed by atoms with Gasteiger partial charge in [-0.25, -0.2) is 0 Å². The molecule has 0 aromatic heterocycles. The highest BCUT2D eigenvalue weighted by molar-refractivity contribution is 7.85. The predicted molar refractivity (Wildman–Crippen MR) is 88.7 cm³/mol. The summed E-state index contributed by atoms with van der Waals surface area (Å²) in [6, 6.07) is 8.69. The van der Waals surface area contributed by atoms with Gasteiger partial charge in [0.15, 0.2) is 0 Å². The minimum Gasteiger partial charge on any atom is -0.393 e. The van der Waals surface area contributed by atoms with Gasteiger partial charge >= 0.3 is 0 Å². The maximum Gasteiger partial charge on any atom is 0.0864 e. The molecule has 21 heavy (non-hydrogen) atoms. The van der Waals surface area contributed by atoms with Gasteiger partial charge in [0.1, 0.15) is 0 Å². The number of hydrogen-bond donors (Lipinski definition) is 2. The lowest BCUT2D eigenvalue weighted by Crippen LogP contribution is -2.42. The van der Waals surface area contributed by atoms with E-state index in [0.29, 0.717) is 18.6 Å². The third-order valence-corrected chi connectivity index (χ3v) is 5.75. The van der Waals surface area contributed by atoms with Gasteiger partial charge in [-0.05, 0) is 29.9 Å². The highest BCUT2D eigenvalue weighted by Crippen LogP contribution is 2.26. The van der Waals surface area contributed by atoms with Crippen LogP contribution in [-0.4, -0.2) is 26.5 Å². The summed E-state index contributed by atoms with van der Waals surface area (Å²) in [5.74, 6) is 0.591. The van der Waals surface area contributed by atoms with Crippen LogP contribution in [0.25, 0.3) is 0 Å². The van der Waals surface area contributed by atoms with Crippen LogP contribution < -0.4 is 5.32 Å². The minimum absolute atomic E-state index is 0.109. The fourth-order valence-electron chi connectivity index (χ4n) is 2.66. The molecule has 0 aliphatic carbocycles. The number of rotatable bonds is 3. The van der Waals surface area contributed by atoms with E-state index in [1.165, 1.54) is 11.1 Å². The molecule has 4 heteroatoms. The average molecular weight is 309 g/mol. The molecule has 4 atom stereocenters. The molecule has 1 aliphatic heterocycles. The minimum atomic E-state index is -0.887. The molecule has 1 heterocycles. The summed E-state index contributed by atoms with van der Waals surface area (Å²) >= 11 is 0. The van der Waals surface area contributed by atoms with Gasteiger partial charge < -0.3 is 5.11 Å². The zero-order chi connectivity index (χ0) is 15.6.